The number of rotatable bonds is 11. The maximum Gasteiger partial charge on any atom is 0.331 e. The van der Waals surface area contributed by atoms with E-state index in [0.717, 1.165) is 12.8 Å². The van der Waals surface area contributed by atoms with Crippen LogP contribution in [0.3, 0.4) is 0 Å². The van der Waals surface area contributed by atoms with Crippen LogP contribution in [-0.2, 0) is 13.6 Å². The van der Waals surface area contributed by atoms with Crippen LogP contribution >= 0.6 is 7.60 Å². The van der Waals surface area contributed by atoms with E-state index < -0.39 is 32.0 Å². The Kier molecular flexibility index (Phi) is 8.73. The van der Waals surface area contributed by atoms with E-state index in [2.05, 4.69) is 6.92 Å². The summed E-state index contributed by atoms with van der Waals surface area (Å²) in [5, 5.41) is 19.6. The second-order valence-corrected chi connectivity index (χ2v) is 9.51. The molecule has 24 heavy (non-hydrogen) atoms. The molecule has 1 aliphatic heterocycles. The second-order valence-electron chi connectivity index (χ2n) is 7.42. The van der Waals surface area contributed by atoms with Gasteiger partial charge in [0.2, 0.25) is 0 Å². The molecule has 2 fully saturated rings. The van der Waals surface area contributed by atoms with Crippen LogP contribution in [0.4, 0.5) is 0 Å². The normalized spacial score (nSPS) is 36.0. The second kappa shape index (κ2) is 10.3. The van der Waals surface area contributed by atoms with Crippen molar-refractivity contribution in [3.8, 4) is 0 Å². The minimum absolute atomic E-state index is 0.281. The van der Waals surface area contributed by atoms with E-state index in [1.165, 1.54) is 51.4 Å². The standard InChI is InChI=1S/C18H35O5P/c1-2-3-4-5-6-7-8-9-10-11-12-24(21)22-17-14-15(19)13-16(20)18(17)23-24/h15-20H,2-14H2,1H3. The molecule has 2 rings (SSSR count). The van der Waals surface area contributed by atoms with Crippen molar-refractivity contribution < 1.29 is 23.8 Å². The molecule has 5 atom stereocenters. The van der Waals surface area contributed by atoms with Crippen molar-refractivity contribution >= 4 is 7.60 Å². The third-order valence-corrected chi connectivity index (χ3v) is 7.15. The first-order valence-electron chi connectivity index (χ1n) is 9.86. The SMILES string of the molecule is CCCCCCCCCCCCP1(=O)OC2CC(O)CC(O)C2O1. The van der Waals surface area contributed by atoms with Crippen LogP contribution in [0.25, 0.3) is 0 Å². The Balaban J connectivity index is 1.54. The molecule has 0 spiro atoms. The van der Waals surface area contributed by atoms with Crippen LogP contribution < -0.4 is 0 Å². The molecule has 5 nitrogen and oxygen atoms in total. The van der Waals surface area contributed by atoms with Crippen molar-refractivity contribution in [3.63, 3.8) is 0 Å². The van der Waals surface area contributed by atoms with E-state index in [-0.39, 0.29) is 6.42 Å². The number of hydrogen-bond donors (Lipinski definition) is 2. The molecule has 1 saturated heterocycles. The maximum absolute atomic E-state index is 12.6. The van der Waals surface area contributed by atoms with E-state index in [1.807, 2.05) is 0 Å². The quantitative estimate of drug-likeness (QED) is 0.421. The highest BCUT2D eigenvalue weighted by molar-refractivity contribution is 7.54. The lowest BCUT2D eigenvalue weighted by Crippen LogP contribution is -2.44. The van der Waals surface area contributed by atoms with Gasteiger partial charge in [0.25, 0.3) is 0 Å². The van der Waals surface area contributed by atoms with Crippen molar-refractivity contribution in [1.29, 1.82) is 0 Å². The average Bonchev–Trinajstić information content (AvgIpc) is 2.86. The summed E-state index contributed by atoms with van der Waals surface area (Å²) in [6, 6.07) is 0. The summed E-state index contributed by atoms with van der Waals surface area (Å²) in [6.45, 7) is 2.24. The van der Waals surface area contributed by atoms with E-state index in [0.29, 0.717) is 12.6 Å². The molecule has 0 aromatic rings. The van der Waals surface area contributed by atoms with Crippen molar-refractivity contribution in [3.05, 3.63) is 0 Å². The van der Waals surface area contributed by atoms with Gasteiger partial charge in [0.05, 0.1) is 24.5 Å². The molecule has 6 heteroatoms. The van der Waals surface area contributed by atoms with Gasteiger partial charge in [0, 0.05) is 12.8 Å². The summed E-state index contributed by atoms with van der Waals surface area (Å²) in [6.07, 6.45) is 11.1. The molecule has 0 radical (unpaired) electrons. The monoisotopic (exact) mass is 362 g/mol. The Hall–Kier alpha value is 0.0700. The zero-order valence-electron chi connectivity index (χ0n) is 15.1. The van der Waals surface area contributed by atoms with Gasteiger partial charge in [-0.3, -0.25) is 9.09 Å². The summed E-state index contributed by atoms with van der Waals surface area (Å²) < 4.78 is 23.8. The largest absolute Gasteiger partial charge is 0.393 e. The van der Waals surface area contributed by atoms with Crippen LogP contribution in [0.2, 0.25) is 0 Å². The average molecular weight is 362 g/mol. The highest BCUT2D eigenvalue weighted by Gasteiger charge is 2.50. The molecule has 2 aliphatic rings. The number of aliphatic hydroxyl groups excluding tert-OH is 2. The smallest absolute Gasteiger partial charge is 0.331 e. The van der Waals surface area contributed by atoms with Crippen LogP contribution in [0, 0.1) is 0 Å². The lowest BCUT2D eigenvalue weighted by Gasteiger charge is -2.29. The zero-order valence-corrected chi connectivity index (χ0v) is 16.0. The molecule has 2 N–H and O–H groups in total. The van der Waals surface area contributed by atoms with Crippen molar-refractivity contribution in [2.24, 2.45) is 0 Å². The third-order valence-electron chi connectivity index (χ3n) is 5.13. The predicted molar refractivity (Wildman–Crippen MR) is 95.3 cm³/mol. The van der Waals surface area contributed by atoms with Crippen molar-refractivity contribution in [1.82, 2.24) is 0 Å². The van der Waals surface area contributed by atoms with Gasteiger partial charge in [-0.1, -0.05) is 64.7 Å². The predicted octanol–water partition coefficient (Wildman–Crippen LogP) is 4.40. The molecular formula is C18H35O5P. The Bertz CT molecular complexity index is 403. The van der Waals surface area contributed by atoms with Crippen LogP contribution in [0.15, 0.2) is 0 Å². The fourth-order valence-electron chi connectivity index (χ4n) is 3.72. The van der Waals surface area contributed by atoms with Gasteiger partial charge in [0.15, 0.2) is 0 Å². The lowest BCUT2D eigenvalue weighted by molar-refractivity contribution is -0.0598. The number of unbranched alkanes of at least 4 members (excludes halogenated alkanes) is 9. The van der Waals surface area contributed by atoms with Gasteiger partial charge >= 0.3 is 7.60 Å². The summed E-state index contributed by atoms with van der Waals surface area (Å²) in [5.74, 6) is 0. The van der Waals surface area contributed by atoms with E-state index in [1.54, 1.807) is 0 Å². The summed E-state index contributed by atoms with van der Waals surface area (Å²) >= 11 is 0. The molecule has 5 unspecified atom stereocenters. The first-order chi connectivity index (χ1) is 11.5. The van der Waals surface area contributed by atoms with E-state index >= 15 is 0 Å². The van der Waals surface area contributed by atoms with Gasteiger partial charge in [-0.05, 0) is 6.42 Å². The summed E-state index contributed by atoms with van der Waals surface area (Å²) in [4.78, 5) is 0. The highest BCUT2D eigenvalue weighted by atomic mass is 31.2. The first-order valence-corrected chi connectivity index (χ1v) is 11.6. The molecular weight excluding hydrogens is 327 g/mol. The molecule has 142 valence electrons. The van der Waals surface area contributed by atoms with Crippen LogP contribution in [0.5, 0.6) is 0 Å². The Morgan fingerprint density at radius 2 is 1.46 bits per heavy atom. The topological polar surface area (TPSA) is 76.0 Å². The van der Waals surface area contributed by atoms with E-state index in [4.69, 9.17) is 9.05 Å². The Morgan fingerprint density at radius 3 is 2.08 bits per heavy atom. The minimum Gasteiger partial charge on any atom is -0.393 e. The molecule has 1 aliphatic carbocycles. The van der Waals surface area contributed by atoms with Crippen molar-refractivity contribution in [2.45, 2.75) is 108 Å². The first kappa shape index (κ1) is 20.4. The van der Waals surface area contributed by atoms with Crippen molar-refractivity contribution in [2.75, 3.05) is 6.16 Å². The third kappa shape index (κ3) is 6.42. The highest BCUT2D eigenvalue weighted by Crippen LogP contribution is 2.59. The summed E-state index contributed by atoms with van der Waals surface area (Å²) in [5.41, 5.74) is 0. The lowest BCUT2D eigenvalue weighted by atomic mass is 9.90. The molecule has 0 amide bonds. The van der Waals surface area contributed by atoms with Gasteiger partial charge in [-0.2, -0.15) is 0 Å². The minimum atomic E-state index is -3.08. The molecule has 0 bridgehead atoms. The number of fused-ring (bicyclic) bond motifs is 1. The molecule has 0 aromatic carbocycles. The van der Waals surface area contributed by atoms with Crippen LogP contribution in [-0.4, -0.2) is 40.8 Å². The number of hydrogen-bond acceptors (Lipinski definition) is 5. The van der Waals surface area contributed by atoms with E-state index in [9.17, 15) is 14.8 Å². The van der Waals surface area contributed by atoms with Gasteiger partial charge < -0.3 is 14.7 Å². The molecule has 1 saturated carbocycles. The van der Waals surface area contributed by atoms with Gasteiger partial charge in [0.1, 0.15) is 6.10 Å². The van der Waals surface area contributed by atoms with Gasteiger partial charge in [-0.15, -0.1) is 0 Å². The maximum atomic E-state index is 12.6. The fourth-order valence-corrected chi connectivity index (χ4v) is 5.85. The zero-order chi connectivity index (χ0) is 17.4. The molecule has 1 heterocycles. The van der Waals surface area contributed by atoms with Gasteiger partial charge in [-0.25, -0.2) is 0 Å². The fraction of sp³-hybridized carbons (Fsp3) is 1.00. The molecule has 0 aromatic heterocycles. The Morgan fingerprint density at radius 1 is 0.875 bits per heavy atom. The summed E-state index contributed by atoms with van der Waals surface area (Å²) in [7, 11) is -3.08. The number of aliphatic hydroxyl groups is 2. The van der Waals surface area contributed by atoms with Crippen LogP contribution in [0.1, 0.15) is 84.0 Å². The Labute approximate surface area is 146 Å².